The van der Waals surface area contributed by atoms with Crippen LogP contribution in [0.3, 0.4) is 0 Å². The van der Waals surface area contributed by atoms with E-state index >= 15 is 0 Å². The minimum atomic E-state index is -0.431. The van der Waals surface area contributed by atoms with E-state index in [-0.39, 0.29) is 6.61 Å². The second kappa shape index (κ2) is 6.49. The Labute approximate surface area is 98.7 Å². The number of hydrogen-bond acceptors (Lipinski definition) is 5. The molecule has 6 nitrogen and oxygen atoms in total. The van der Waals surface area contributed by atoms with Gasteiger partial charge in [0, 0.05) is 0 Å². The Morgan fingerprint density at radius 2 is 1.94 bits per heavy atom. The van der Waals surface area contributed by atoms with Crippen molar-refractivity contribution in [3.8, 4) is 5.75 Å². The van der Waals surface area contributed by atoms with Gasteiger partial charge in [0.2, 0.25) is 0 Å². The van der Waals surface area contributed by atoms with Crippen molar-refractivity contribution in [3.63, 3.8) is 0 Å². The zero-order valence-corrected chi connectivity index (χ0v) is 9.43. The predicted octanol–water partition coefficient (Wildman–Crippen LogP) is 0.232. The maximum absolute atomic E-state index is 11.3. The van der Waals surface area contributed by atoms with Crippen LogP contribution >= 0.6 is 0 Å². The van der Waals surface area contributed by atoms with Gasteiger partial charge in [-0.05, 0) is 31.2 Å². The summed E-state index contributed by atoms with van der Waals surface area (Å²) in [5, 5.41) is 0. The number of benzene rings is 1. The van der Waals surface area contributed by atoms with Gasteiger partial charge in [-0.25, -0.2) is 10.6 Å². The summed E-state index contributed by atoms with van der Waals surface area (Å²) < 4.78 is 9.93. The zero-order chi connectivity index (χ0) is 12.7. The van der Waals surface area contributed by atoms with E-state index in [0.29, 0.717) is 17.9 Å². The SMILES string of the molecule is CCOC(=O)c1ccc(OCC(=O)NN)cc1. The highest BCUT2D eigenvalue weighted by Gasteiger charge is 2.06. The Hall–Kier alpha value is -2.08. The highest BCUT2D eigenvalue weighted by atomic mass is 16.5. The van der Waals surface area contributed by atoms with E-state index in [2.05, 4.69) is 0 Å². The summed E-state index contributed by atoms with van der Waals surface area (Å²) in [5.74, 6) is 4.55. The summed E-state index contributed by atoms with van der Waals surface area (Å²) in [6.45, 7) is 1.89. The highest BCUT2D eigenvalue weighted by molar-refractivity contribution is 5.89. The molecule has 0 radical (unpaired) electrons. The van der Waals surface area contributed by atoms with Crippen molar-refractivity contribution in [1.29, 1.82) is 0 Å². The first-order chi connectivity index (χ1) is 8.17. The third-order valence-electron chi connectivity index (χ3n) is 1.90. The summed E-state index contributed by atoms with van der Waals surface area (Å²) in [5.41, 5.74) is 2.38. The van der Waals surface area contributed by atoms with Crippen molar-refractivity contribution in [1.82, 2.24) is 5.43 Å². The number of hydrazine groups is 1. The van der Waals surface area contributed by atoms with Gasteiger partial charge in [0.15, 0.2) is 6.61 Å². The number of carbonyl (C=O) groups excluding carboxylic acids is 2. The Morgan fingerprint density at radius 1 is 1.29 bits per heavy atom. The topological polar surface area (TPSA) is 90.6 Å². The van der Waals surface area contributed by atoms with Gasteiger partial charge < -0.3 is 9.47 Å². The van der Waals surface area contributed by atoms with Gasteiger partial charge in [-0.1, -0.05) is 0 Å². The maximum atomic E-state index is 11.3. The standard InChI is InChI=1S/C11H14N2O4/c1-2-16-11(15)8-3-5-9(6-4-8)17-7-10(14)13-12/h3-6H,2,7,12H2,1H3,(H,13,14). The smallest absolute Gasteiger partial charge is 0.338 e. The normalized spacial score (nSPS) is 9.53. The Morgan fingerprint density at radius 3 is 2.47 bits per heavy atom. The number of nitrogens with two attached hydrogens (primary N) is 1. The fraction of sp³-hybridized carbons (Fsp3) is 0.273. The van der Waals surface area contributed by atoms with Crippen LogP contribution in [0, 0.1) is 0 Å². The molecule has 1 rings (SSSR count). The number of hydrogen-bond donors (Lipinski definition) is 2. The Bertz CT molecular complexity index is 389. The molecule has 0 aliphatic rings. The number of nitrogens with one attached hydrogen (secondary N) is 1. The van der Waals surface area contributed by atoms with E-state index in [1.165, 1.54) is 0 Å². The lowest BCUT2D eigenvalue weighted by atomic mass is 10.2. The van der Waals surface area contributed by atoms with E-state index < -0.39 is 11.9 Å². The summed E-state index contributed by atoms with van der Waals surface area (Å²) in [6, 6.07) is 6.29. The van der Waals surface area contributed by atoms with Crippen LogP contribution in [0.4, 0.5) is 0 Å². The molecule has 92 valence electrons. The molecule has 0 aliphatic carbocycles. The molecule has 6 heteroatoms. The molecular weight excluding hydrogens is 224 g/mol. The lowest BCUT2D eigenvalue weighted by molar-refractivity contribution is -0.123. The number of rotatable bonds is 5. The highest BCUT2D eigenvalue weighted by Crippen LogP contribution is 2.12. The molecule has 0 saturated heterocycles. The number of esters is 1. The molecule has 3 N–H and O–H groups in total. The Kier molecular flexibility index (Phi) is 4.96. The van der Waals surface area contributed by atoms with Gasteiger partial charge in [-0.3, -0.25) is 10.2 Å². The molecule has 0 aromatic heterocycles. The van der Waals surface area contributed by atoms with Crippen LogP contribution < -0.4 is 16.0 Å². The van der Waals surface area contributed by atoms with Crippen LogP contribution in [-0.4, -0.2) is 25.1 Å². The second-order valence-corrected chi connectivity index (χ2v) is 3.10. The summed E-state index contributed by atoms with van der Waals surface area (Å²) in [4.78, 5) is 22.1. The first-order valence-corrected chi connectivity index (χ1v) is 5.06. The van der Waals surface area contributed by atoms with E-state index in [1.54, 1.807) is 31.2 Å². The first-order valence-electron chi connectivity index (χ1n) is 5.06. The second-order valence-electron chi connectivity index (χ2n) is 3.10. The summed E-state index contributed by atoms with van der Waals surface area (Å²) in [7, 11) is 0. The molecular formula is C11H14N2O4. The summed E-state index contributed by atoms with van der Waals surface area (Å²) in [6.07, 6.45) is 0. The van der Waals surface area contributed by atoms with Gasteiger partial charge in [0.25, 0.3) is 5.91 Å². The van der Waals surface area contributed by atoms with E-state index in [4.69, 9.17) is 15.3 Å². The fourth-order valence-corrected chi connectivity index (χ4v) is 1.09. The monoisotopic (exact) mass is 238 g/mol. The van der Waals surface area contributed by atoms with Gasteiger partial charge in [-0.15, -0.1) is 0 Å². The van der Waals surface area contributed by atoms with Gasteiger partial charge in [0.05, 0.1) is 12.2 Å². The van der Waals surface area contributed by atoms with Crippen LogP contribution in [0.25, 0.3) is 0 Å². The average molecular weight is 238 g/mol. The van der Waals surface area contributed by atoms with Crippen LogP contribution in [0.1, 0.15) is 17.3 Å². The molecule has 0 bridgehead atoms. The molecule has 1 aromatic rings. The zero-order valence-electron chi connectivity index (χ0n) is 9.43. The van der Waals surface area contributed by atoms with Crippen LogP contribution in [0.5, 0.6) is 5.75 Å². The molecule has 0 fully saturated rings. The molecule has 0 unspecified atom stereocenters. The van der Waals surface area contributed by atoms with Gasteiger partial charge in [-0.2, -0.15) is 0 Å². The van der Waals surface area contributed by atoms with Gasteiger partial charge in [0.1, 0.15) is 5.75 Å². The van der Waals surface area contributed by atoms with Crippen molar-refractivity contribution < 1.29 is 19.1 Å². The third kappa shape index (κ3) is 4.12. The van der Waals surface area contributed by atoms with Crippen molar-refractivity contribution >= 4 is 11.9 Å². The van der Waals surface area contributed by atoms with Crippen LogP contribution in [-0.2, 0) is 9.53 Å². The van der Waals surface area contributed by atoms with Crippen molar-refractivity contribution in [2.45, 2.75) is 6.92 Å². The van der Waals surface area contributed by atoms with Crippen LogP contribution in [0.2, 0.25) is 0 Å². The lowest BCUT2D eigenvalue weighted by Gasteiger charge is -2.06. The van der Waals surface area contributed by atoms with E-state index in [1.807, 2.05) is 5.43 Å². The average Bonchev–Trinajstić information content (AvgIpc) is 2.36. The molecule has 1 aromatic carbocycles. The molecule has 0 spiro atoms. The first kappa shape index (κ1) is 13.0. The molecule has 1 amide bonds. The quantitative estimate of drug-likeness (QED) is 0.332. The maximum Gasteiger partial charge on any atom is 0.338 e. The van der Waals surface area contributed by atoms with Gasteiger partial charge >= 0.3 is 5.97 Å². The number of ether oxygens (including phenoxy) is 2. The molecule has 0 saturated carbocycles. The minimum absolute atomic E-state index is 0.171. The molecule has 0 aliphatic heterocycles. The van der Waals surface area contributed by atoms with E-state index in [0.717, 1.165) is 0 Å². The van der Waals surface area contributed by atoms with Crippen LogP contribution in [0.15, 0.2) is 24.3 Å². The van der Waals surface area contributed by atoms with E-state index in [9.17, 15) is 9.59 Å². The Balaban J connectivity index is 2.56. The molecule has 17 heavy (non-hydrogen) atoms. The minimum Gasteiger partial charge on any atom is -0.484 e. The largest absolute Gasteiger partial charge is 0.484 e. The fourth-order valence-electron chi connectivity index (χ4n) is 1.09. The molecule has 0 atom stereocenters. The van der Waals surface area contributed by atoms with Crippen molar-refractivity contribution in [2.75, 3.05) is 13.2 Å². The van der Waals surface area contributed by atoms with Crippen molar-refractivity contribution in [3.05, 3.63) is 29.8 Å². The predicted molar refractivity (Wildman–Crippen MR) is 60.2 cm³/mol. The van der Waals surface area contributed by atoms with Crippen molar-refractivity contribution in [2.24, 2.45) is 5.84 Å². The number of carbonyl (C=O) groups is 2. The third-order valence-corrected chi connectivity index (χ3v) is 1.90. The molecule has 0 heterocycles. The summed E-state index contributed by atoms with van der Waals surface area (Å²) >= 11 is 0. The number of amides is 1. The lowest BCUT2D eigenvalue weighted by Crippen LogP contribution is -2.34.